The van der Waals surface area contributed by atoms with Crippen LogP contribution in [0.2, 0.25) is 0 Å². The van der Waals surface area contributed by atoms with Crippen LogP contribution in [0.3, 0.4) is 0 Å². The van der Waals surface area contributed by atoms with Crippen molar-refractivity contribution in [2.24, 2.45) is 5.41 Å². The van der Waals surface area contributed by atoms with Crippen molar-refractivity contribution in [3.05, 3.63) is 23.5 Å². The first-order valence-corrected chi connectivity index (χ1v) is 7.47. The van der Waals surface area contributed by atoms with Crippen molar-refractivity contribution >= 4 is 16.3 Å². The van der Waals surface area contributed by atoms with E-state index in [-0.39, 0.29) is 5.41 Å². The Labute approximate surface area is 111 Å². The van der Waals surface area contributed by atoms with Crippen molar-refractivity contribution in [2.75, 3.05) is 0 Å². The molecule has 98 valence electrons. The summed E-state index contributed by atoms with van der Waals surface area (Å²) in [5.74, 6) is 0. The summed E-state index contributed by atoms with van der Waals surface area (Å²) in [6.07, 6.45) is 8.87. The van der Waals surface area contributed by atoms with Gasteiger partial charge in [0, 0.05) is 24.2 Å². The minimum Gasteiger partial charge on any atom is -0.389 e. The van der Waals surface area contributed by atoms with E-state index in [0.717, 1.165) is 29.9 Å². The molecule has 1 fully saturated rings. The van der Waals surface area contributed by atoms with Gasteiger partial charge in [0.1, 0.15) is 0 Å². The zero-order chi connectivity index (χ0) is 12.8. The van der Waals surface area contributed by atoms with Gasteiger partial charge in [-0.15, -0.1) is 11.3 Å². The Morgan fingerprint density at radius 2 is 2.28 bits per heavy atom. The van der Waals surface area contributed by atoms with Gasteiger partial charge in [-0.05, 0) is 24.7 Å². The fourth-order valence-electron chi connectivity index (χ4n) is 3.31. The van der Waals surface area contributed by atoms with Crippen molar-refractivity contribution in [1.29, 1.82) is 0 Å². The van der Waals surface area contributed by atoms with E-state index < -0.39 is 5.60 Å². The molecule has 1 saturated carbocycles. The molecule has 0 amide bonds. The molecule has 2 aromatic rings. The van der Waals surface area contributed by atoms with Gasteiger partial charge in [-0.1, -0.05) is 20.3 Å². The maximum Gasteiger partial charge on any atom is 0.193 e. The second-order valence-electron chi connectivity index (χ2n) is 6.42. The minimum atomic E-state index is -0.564. The minimum absolute atomic E-state index is 0.254. The maximum absolute atomic E-state index is 10.8. The molecule has 0 aliphatic heterocycles. The van der Waals surface area contributed by atoms with Crippen LogP contribution in [0.15, 0.2) is 17.8 Å². The van der Waals surface area contributed by atoms with Crippen LogP contribution in [-0.4, -0.2) is 20.1 Å². The summed E-state index contributed by atoms with van der Waals surface area (Å²) in [5.41, 5.74) is 0.706. The third kappa shape index (κ3) is 2.31. The monoisotopic (exact) mass is 264 g/mol. The van der Waals surface area contributed by atoms with Gasteiger partial charge in [-0.2, -0.15) is 0 Å². The Morgan fingerprint density at radius 1 is 1.44 bits per heavy atom. The Balaban J connectivity index is 1.80. The molecule has 1 unspecified atom stereocenters. The molecule has 18 heavy (non-hydrogen) atoms. The molecule has 1 aliphatic carbocycles. The Hall–Kier alpha value is -0.870. The quantitative estimate of drug-likeness (QED) is 0.904. The number of imidazole rings is 1. The molecular formula is C14H20N2OS. The highest BCUT2D eigenvalue weighted by Crippen LogP contribution is 2.42. The van der Waals surface area contributed by atoms with Gasteiger partial charge < -0.3 is 5.11 Å². The van der Waals surface area contributed by atoms with Gasteiger partial charge in [0.2, 0.25) is 0 Å². The summed E-state index contributed by atoms with van der Waals surface area (Å²) in [7, 11) is 0. The van der Waals surface area contributed by atoms with Gasteiger partial charge in [-0.25, -0.2) is 4.98 Å². The molecule has 0 spiro atoms. The molecule has 2 aromatic heterocycles. The molecule has 3 nitrogen and oxygen atoms in total. The molecule has 3 rings (SSSR count). The van der Waals surface area contributed by atoms with Gasteiger partial charge in [0.25, 0.3) is 0 Å². The van der Waals surface area contributed by atoms with E-state index in [1.165, 1.54) is 6.42 Å². The fraction of sp³-hybridized carbons (Fsp3) is 0.643. The summed E-state index contributed by atoms with van der Waals surface area (Å²) < 4.78 is 2.04. The van der Waals surface area contributed by atoms with Gasteiger partial charge in [-0.3, -0.25) is 4.40 Å². The third-order valence-corrected chi connectivity index (χ3v) is 4.73. The maximum atomic E-state index is 10.8. The number of fused-ring (bicyclic) bond motifs is 1. The molecule has 1 aliphatic rings. The lowest BCUT2D eigenvalue weighted by atomic mass is 9.68. The first-order valence-electron chi connectivity index (χ1n) is 6.59. The highest BCUT2D eigenvalue weighted by atomic mass is 32.1. The SMILES string of the molecule is CC1(C)CCCC(O)(Cc2cn3ccsc3n2)C1. The number of aliphatic hydroxyl groups is 1. The summed E-state index contributed by atoms with van der Waals surface area (Å²) >= 11 is 1.64. The van der Waals surface area contributed by atoms with Crippen molar-refractivity contribution < 1.29 is 5.11 Å². The average molecular weight is 264 g/mol. The standard InChI is InChI=1S/C14H20N2OS/c1-13(2)4-3-5-14(17,10-13)8-11-9-16-6-7-18-12(16)15-11/h6-7,9,17H,3-5,8,10H2,1-2H3. The van der Waals surface area contributed by atoms with Crippen LogP contribution >= 0.6 is 11.3 Å². The number of rotatable bonds is 2. The van der Waals surface area contributed by atoms with Crippen LogP contribution in [0.25, 0.3) is 4.96 Å². The van der Waals surface area contributed by atoms with Crippen molar-refractivity contribution in [3.63, 3.8) is 0 Å². The molecule has 0 bridgehead atoms. The molecule has 0 radical (unpaired) electrons. The van der Waals surface area contributed by atoms with E-state index >= 15 is 0 Å². The molecule has 4 heteroatoms. The summed E-state index contributed by atoms with van der Waals surface area (Å²) in [6, 6.07) is 0. The Kier molecular flexibility index (Phi) is 2.75. The van der Waals surface area contributed by atoms with Crippen LogP contribution < -0.4 is 0 Å². The summed E-state index contributed by atoms with van der Waals surface area (Å²) in [6.45, 7) is 4.51. The second kappa shape index (κ2) is 4.07. The third-order valence-electron chi connectivity index (χ3n) is 3.96. The zero-order valence-electron chi connectivity index (χ0n) is 11.0. The molecular weight excluding hydrogens is 244 g/mol. The van der Waals surface area contributed by atoms with E-state index in [0.29, 0.717) is 6.42 Å². The van der Waals surface area contributed by atoms with Gasteiger partial charge >= 0.3 is 0 Å². The molecule has 0 aromatic carbocycles. The lowest BCUT2D eigenvalue weighted by molar-refractivity contribution is -0.0387. The van der Waals surface area contributed by atoms with E-state index in [2.05, 4.69) is 18.8 Å². The van der Waals surface area contributed by atoms with Crippen molar-refractivity contribution in [1.82, 2.24) is 9.38 Å². The topological polar surface area (TPSA) is 37.5 Å². The van der Waals surface area contributed by atoms with Crippen LogP contribution in [-0.2, 0) is 6.42 Å². The Morgan fingerprint density at radius 3 is 3.00 bits per heavy atom. The lowest BCUT2D eigenvalue weighted by Crippen LogP contribution is -2.40. The van der Waals surface area contributed by atoms with E-state index in [1.807, 2.05) is 22.2 Å². The van der Waals surface area contributed by atoms with E-state index in [1.54, 1.807) is 11.3 Å². The van der Waals surface area contributed by atoms with Crippen LogP contribution in [0.1, 0.15) is 45.2 Å². The lowest BCUT2D eigenvalue weighted by Gasteiger charge is -2.41. The smallest absolute Gasteiger partial charge is 0.193 e. The van der Waals surface area contributed by atoms with Crippen molar-refractivity contribution in [2.45, 2.75) is 51.6 Å². The molecule has 0 saturated heterocycles. The van der Waals surface area contributed by atoms with Crippen molar-refractivity contribution in [3.8, 4) is 0 Å². The first kappa shape index (κ1) is 12.2. The molecule has 2 heterocycles. The number of hydrogen-bond donors (Lipinski definition) is 1. The summed E-state index contributed by atoms with van der Waals surface area (Å²) in [5, 5.41) is 12.8. The van der Waals surface area contributed by atoms with E-state index in [4.69, 9.17) is 0 Å². The van der Waals surface area contributed by atoms with Gasteiger partial charge in [0.05, 0.1) is 11.3 Å². The zero-order valence-corrected chi connectivity index (χ0v) is 11.8. The van der Waals surface area contributed by atoms with Gasteiger partial charge in [0.15, 0.2) is 4.96 Å². The highest BCUT2D eigenvalue weighted by Gasteiger charge is 2.38. The second-order valence-corrected chi connectivity index (χ2v) is 7.29. The average Bonchev–Trinajstić information content (AvgIpc) is 2.74. The largest absolute Gasteiger partial charge is 0.389 e. The van der Waals surface area contributed by atoms with E-state index in [9.17, 15) is 5.11 Å². The molecule has 1 atom stereocenters. The van der Waals surface area contributed by atoms with Crippen LogP contribution in [0.4, 0.5) is 0 Å². The van der Waals surface area contributed by atoms with Crippen LogP contribution in [0, 0.1) is 5.41 Å². The highest BCUT2D eigenvalue weighted by molar-refractivity contribution is 7.15. The number of hydrogen-bond acceptors (Lipinski definition) is 3. The predicted octanol–water partition coefficient (Wildman–Crippen LogP) is 3.27. The van der Waals surface area contributed by atoms with Crippen LogP contribution in [0.5, 0.6) is 0 Å². The number of aromatic nitrogens is 2. The Bertz CT molecular complexity index is 528. The fourth-order valence-corrected chi connectivity index (χ4v) is 4.03. The summed E-state index contributed by atoms with van der Waals surface area (Å²) in [4.78, 5) is 5.60. The predicted molar refractivity (Wildman–Crippen MR) is 74.0 cm³/mol. The number of thiazole rings is 1. The first-order chi connectivity index (χ1) is 8.46. The number of nitrogens with zero attached hydrogens (tertiary/aromatic N) is 2. The normalized spacial score (nSPS) is 27.7. The molecule has 1 N–H and O–H groups in total.